The SMILES string of the molecule is C=CCSc1ccccc1C(=O)N[C@@H](C)c1ccc2c(c1)CCCC2. The summed E-state index contributed by atoms with van der Waals surface area (Å²) >= 11 is 1.64. The molecule has 25 heavy (non-hydrogen) atoms. The van der Waals surface area contributed by atoms with Crippen LogP contribution in [0.1, 0.15) is 52.9 Å². The van der Waals surface area contributed by atoms with Gasteiger partial charge < -0.3 is 5.32 Å². The lowest BCUT2D eigenvalue weighted by Crippen LogP contribution is -2.27. The fraction of sp³-hybridized carbons (Fsp3) is 0.318. The number of rotatable bonds is 6. The Hall–Kier alpha value is -2.00. The minimum Gasteiger partial charge on any atom is -0.345 e. The van der Waals surface area contributed by atoms with Crippen molar-refractivity contribution in [2.75, 3.05) is 5.75 Å². The van der Waals surface area contributed by atoms with Gasteiger partial charge in [0.05, 0.1) is 11.6 Å². The van der Waals surface area contributed by atoms with E-state index in [2.05, 4.69) is 37.0 Å². The number of hydrogen-bond acceptors (Lipinski definition) is 2. The molecule has 1 atom stereocenters. The molecule has 1 N–H and O–H groups in total. The Balaban J connectivity index is 1.73. The van der Waals surface area contributed by atoms with E-state index in [0.717, 1.165) is 22.6 Å². The maximum atomic E-state index is 12.8. The summed E-state index contributed by atoms with van der Waals surface area (Å²) in [6.07, 6.45) is 6.76. The molecule has 0 heterocycles. The van der Waals surface area contributed by atoms with Crippen molar-refractivity contribution in [3.05, 3.63) is 77.4 Å². The molecule has 0 radical (unpaired) electrons. The highest BCUT2D eigenvalue weighted by molar-refractivity contribution is 7.99. The fourth-order valence-electron chi connectivity index (χ4n) is 3.31. The van der Waals surface area contributed by atoms with Gasteiger partial charge in [0.1, 0.15) is 0 Å². The quantitative estimate of drug-likeness (QED) is 0.562. The molecule has 3 rings (SSSR count). The molecule has 3 heteroatoms. The molecule has 2 nitrogen and oxygen atoms in total. The first-order chi connectivity index (χ1) is 12.2. The van der Waals surface area contributed by atoms with Gasteiger partial charge in [-0.15, -0.1) is 18.3 Å². The van der Waals surface area contributed by atoms with Gasteiger partial charge in [0.25, 0.3) is 5.91 Å². The average Bonchev–Trinajstić information content (AvgIpc) is 2.66. The molecule has 0 saturated heterocycles. The molecule has 0 spiro atoms. The van der Waals surface area contributed by atoms with Gasteiger partial charge in [-0.25, -0.2) is 0 Å². The van der Waals surface area contributed by atoms with Crippen molar-refractivity contribution in [3.63, 3.8) is 0 Å². The highest BCUT2D eigenvalue weighted by atomic mass is 32.2. The number of thioether (sulfide) groups is 1. The number of nitrogens with one attached hydrogen (secondary N) is 1. The van der Waals surface area contributed by atoms with Gasteiger partial charge in [-0.05, 0) is 61.4 Å². The van der Waals surface area contributed by atoms with E-state index in [9.17, 15) is 4.79 Å². The molecule has 0 unspecified atom stereocenters. The van der Waals surface area contributed by atoms with E-state index < -0.39 is 0 Å². The summed E-state index contributed by atoms with van der Waals surface area (Å²) in [5.41, 5.74) is 4.84. The molecule has 0 bridgehead atoms. The molecule has 1 amide bonds. The maximum absolute atomic E-state index is 12.8. The summed E-state index contributed by atoms with van der Waals surface area (Å²) in [4.78, 5) is 13.7. The van der Waals surface area contributed by atoms with Crippen molar-refractivity contribution < 1.29 is 4.79 Å². The Morgan fingerprint density at radius 1 is 1.20 bits per heavy atom. The third kappa shape index (κ3) is 4.35. The topological polar surface area (TPSA) is 29.1 Å². The van der Waals surface area contributed by atoms with E-state index in [1.807, 2.05) is 30.3 Å². The zero-order chi connectivity index (χ0) is 17.6. The second kappa shape index (κ2) is 8.39. The molecular weight excluding hydrogens is 326 g/mol. The normalized spacial score (nSPS) is 14.4. The minimum atomic E-state index is -0.0163. The lowest BCUT2D eigenvalue weighted by atomic mass is 9.89. The van der Waals surface area contributed by atoms with Crippen molar-refractivity contribution in [2.24, 2.45) is 0 Å². The van der Waals surface area contributed by atoms with Crippen molar-refractivity contribution in [2.45, 2.75) is 43.5 Å². The molecule has 0 aromatic heterocycles. The number of carbonyl (C=O) groups is 1. The molecular formula is C22H25NOS. The largest absolute Gasteiger partial charge is 0.345 e. The predicted octanol–water partition coefficient (Wildman–Crippen LogP) is 5.33. The van der Waals surface area contributed by atoms with Crippen LogP contribution in [-0.4, -0.2) is 11.7 Å². The minimum absolute atomic E-state index is 0.00260. The smallest absolute Gasteiger partial charge is 0.252 e. The van der Waals surface area contributed by atoms with Crippen LogP contribution in [-0.2, 0) is 12.8 Å². The van der Waals surface area contributed by atoms with Crippen LogP contribution in [0, 0.1) is 0 Å². The van der Waals surface area contributed by atoms with Crippen LogP contribution in [0.4, 0.5) is 0 Å². The zero-order valence-electron chi connectivity index (χ0n) is 14.8. The molecule has 0 saturated carbocycles. The van der Waals surface area contributed by atoms with Crippen LogP contribution in [0.2, 0.25) is 0 Å². The summed E-state index contributed by atoms with van der Waals surface area (Å²) in [7, 11) is 0. The zero-order valence-corrected chi connectivity index (χ0v) is 15.6. The summed E-state index contributed by atoms with van der Waals surface area (Å²) in [6, 6.07) is 14.4. The van der Waals surface area contributed by atoms with Crippen molar-refractivity contribution >= 4 is 17.7 Å². The second-order valence-electron chi connectivity index (χ2n) is 6.53. The van der Waals surface area contributed by atoms with Gasteiger partial charge in [-0.1, -0.05) is 36.4 Å². The highest BCUT2D eigenvalue weighted by Gasteiger charge is 2.16. The Labute approximate surface area is 154 Å². The summed E-state index contributed by atoms with van der Waals surface area (Å²) in [5.74, 6) is 0.780. The standard InChI is InChI=1S/C22H25NOS/c1-3-14-25-21-11-7-6-10-20(21)22(24)23-16(2)18-13-12-17-8-4-5-9-19(17)15-18/h3,6-7,10-13,15-16H,1,4-5,8-9,14H2,2H3,(H,23,24)/t16-/m0/s1. The van der Waals surface area contributed by atoms with Crippen LogP contribution < -0.4 is 5.32 Å². The number of aryl methyl sites for hydroxylation is 2. The molecule has 2 aromatic rings. The monoisotopic (exact) mass is 351 g/mol. The summed E-state index contributed by atoms with van der Waals surface area (Å²) in [5, 5.41) is 3.16. The third-order valence-electron chi connectivity index (χ3n) is 4.71. The highest BCUT2D eigenvalue weighted by Crippen LogP contribution is 2.26. The average molecular weight is 352 g/mol. The van der Waals surface area contributed by atoms with Gasteiger partial charge in [0, 0.05) is 10.6 Å². The van der Waals surface area contributed by atoms with Gasteiger partial charge in [-0.2, -0.15) is 0 Å². The third-order valence-corrected chi connectivity index (χ3v) is 5.78. The van der Waals surface area contributed by atoms with E-state index in [1.165, 1.54) is 36.0 Å². The van der Waals surface area contributed by atoms with E-state index in [0.29, 0.717) is 0 Å². The van der Waals surface area contributed by atoms with Crippen LogP contribution in [0.5, 0.6) is 0 Å². The first-order valence-corrected chi connectivity index (χ1v) is 9.93. The second-order valence-corrected chi connectivity index (χ2v) is 7.59. The van der Waals surface area contributed by atoms with Gasteiger partial charge in [0.15, 0.2) is 0 Å². The number of amides is 1. The van der Waals surface area contributed by atoms with Crippen molar-refractivity contribution in [3.8, 4) is 0 Å². The number of carbonyl (C=O) groups excluding carboxylic acids is 1. The first-order valence-electron chi connectivity index (χ1n) is 8.94. The number of hydrogen-bond donors (Lipinski definition) is 1. The van der Waals surface area contributed by atoms with Crippen molar-refractivity contribution in [1.29, 1.82) is 0 Å². The molecule has 0 fully saturated rings. The van der Waals surface area contributed by atoms with Gasteiger partial charge in [0.2, 0.25) is 0 Å². The maximum Gasteiger partial charge on any atom is 0.252 e. The fourth-order valence-corrected chi connectivity index (χ4v) is 4.10. The molecule has 0 aliphatic heterocycles. The lowest BCUT2D eigenvalue weighted by molar-refractivity contribution is 0.0937. The van der Waals surface area contributed by atoms with E-state index in [-0.39, 0.29) is 11.9 Å². The molecule has 1 aliphatic carbocycles. The van der Waals surface area contributed by atoms with Crippen molar-refractivity contribution in [1.82, 2.24) is 5.32 Å². The number of fused-ring (bicyclic) bond motifs is 1. The Morgan fingerprint density at radius 3 is 2.76 bits per heavy atom. The van der Waals surface area contributed by atoms with Crippen LogP contribution >= 0.6 is 11.8 Å². The Morgan fingerprint density at radius 2 is 1.96 bits per heavy atom. The molecule has 130 valence electrons. The van der Waals surface area contributed by atoms with Crippen LogP contribution in [0.15, 0.2) is 60.0 Å². The van der Waals surface area contributed by atoms with Crippen LogP contribution in [0.25, 0.3) is 0 Å². The van der Waals surface area contributed by atoms with E-state index in [1.54, 1.807) is 11.8 Å². The lowest BCUT2D eigenvalue weighted by Gasteiger charge is -2.20. The van der Waals surface area contributed by atoms with Crippen LogP contribution in [0.3, 0.4) is 0 Å². The Bertz CT molecular complexity index is 768. The first kappa shape index (κ1) is 17.8. The van der Waals surface area contributed by atoms with E-state index in [4.69, 9.17) is 0 Å². The predicted molar refractivity (Wildman–Crippen MR) is 106 cm³/mol. The number of benzene rings is 2. The van der Waals surface area contributed by atoms with Gasteiger partial charge >= 0.3 is 0 Å². The Kier molecular flexibility index (Phi) is 5.98. The van der Waals surface area contributed by atoms with E-state index >= 15 is 0 Å². The molecule has 2 aromatic carbocycles. The molecule has 1 aliphatic rings. The van der Waals surface area contributed by atoms with Gasteiger partial charge in [-0.3, -0.25) is 4.79 Å². The summed E-state index contributed by atoms with van der Waals surface area (Å²) in [6.45, 7) is 5.81. The summed E-state index contributed by atoms with van der Waals surface area (Å²) < 4.78 is 0.